The molecule has 100 valence electrons. The van der Waals surface area contributed by atoms with Crippen LogP contribution in [0.25, 0.3) is 11.4 Å². The Labute approximate surface area is 110 Å². The van der Waals surface area contributed by atoms with Crippen molar-refractivity contribution in [3.05, 3.63) is 29.7 Å². The Kier molecular flexibility index (Phi) is 3.16. The Hall–Kier alpha value is -1.95. The van der Waals surface area contributed by atoms with E-state index < -0.39 is 0 Å². The molecule has 0 spiro atoms. The van der Waals surface area contributed by atoms with Crippen molar-refractivity contribution in [3.63, 3.8) is 0 Å². The molecule has 2 aromatic heterocycles. The molecule has 3 N–H and O–H groups in total. The first-order valence-corrected chi connectivity index (χ1v) is 6.38. The number of H-pyrrole nitrogens is 1. The highest BCUT2D eigenvalue weighted by atomic mass is 19.1. The lowest BCUT2D eigenvalue weighted by molar-refractivity contribution is 0.622. The number of pyridine rings is 1. The maximum Gasteiger partial charge on any atom is 0.151 e. The first kappa shape index (κ1) is 12.1. The maximum atomic E-state index is 12.9. The van der Waals surface area contributed by atoms with Crippen molar-refractivity contribution >= 4 is 5.82 Å². The van der Waals surface area contributed by atoms with Crippen molar-refractivity contribution in [1.82, 2.24) is 20.5 Å². The Morgan fingerprint density at radius 1 is 1.42 bits per heavy atom. The van der Waals surface area contributed by atoms with Gasteiger partial charge in [0.25, 0.3) is 0 Å². The molecule has 5 nitrogen and oxygen atoms in total. The van der Waals surface area contributed by atoms with Crippen molar-refractivity contribution in [3.8, 4) is 11.4 Å². The van der Waals surface area contributed by atoms with Crippen LogP contribution >= 0.6 is 0 Å². The average molecular weight is 261 g/mol. The van der Waals surface area contributed by atoms with Crippen LogP contribution in [0.3, 0.4) is 0 Å². The third-order valence-corrected chi connectivity index (χ3v) is 3.39. The van der Waals surface area contributed by atoms with Gasteiger partial charge in [-0.3, -0.25) is 10.1 Å². The topological polar surface area (TPSA) is 65.6 Å². The van der Waals surface area contributed by atoms with Crippen LogP contribution in [0.4, 0.5) is 10.2 Å². The van der Waals surface area contributed by atoms with E-state index >= 15 is 0 Å². The van der Waals surface area contributed by atoms with E-state index in [-0.39, 0.29) is 5.82 Å². The summed E-state index contributed by atoms with van der Waals surface area (Å²) in [5.74, 6) is 0.506. The van der Waals surface area contributed by atoms with Gasteiger partial charge in [-0.15, -0.1) is 0 Å². The van der Waals surface area contributed by atoms with Crippen LogP contribution in [-0.4, -0.2) is 34.3 Å². The molecule has 19 heavy (non-hydrogen) atoms. The number of halogens is 1. The minimum absolute atomic E-state index is 0.337. The minimum Gasteiger partial charge on any atom is -0.364 e. The van der Waals surface area contributed by atoms with E-state index in [1.54, 1.807) is 6.07 Å². The number of hydrogen-bond acceptors (Lipinski definition) is 4. The molecular formula is C13H16FN5. The molecule has 1 saturated heterocycles. The quantitative estimate of drug-likeness (QED) is 0.786. The summed E-state index contributed by atoms with van der Waals surface area (Å²) in [6, 6.07) is 3.46. The molecule has 0 saturated carbocycles. The highest BCUT2D eigenvalue weighted by molar-refractivity contribution is 5.65. The Morgan fingerprint density at radius 3 is 3.00 bits per heavy atom. The van der Waals surface area contributed by atoms with Gasteiger partial charge in [0.05, 0.1) is 17.6 Å². The maximum absolute atomic E-state index is 12.9. The molecule has 3 rings (SSSR count). The molecule has 0 aliphatic carbocycles. The molecule has 1 unspecified atom stereocenters. The van der Waals surface area contributed by atoms with Crippen LogP contribution in [-0.2, 0) is 0 Å². The van der Waals surface area contributed by atoms with Crippen LogP contribution in [0.1, 0.15) is 12.0 Å². The zero-order valence-electron chi connectivity index (χ0n) is 10.7. The average Bonchev–Trinajstić information content (AvgIpc) is 3.03. The predicted molar refractivity (Wildman–Crippen MR) is 71.4 cm³/mol. The van der Waals surface area contributed by atoms with Crippen molar-refractivity contribution in [2.75, 3.05) is 18.4 Å². The molecule has 0 bridgehead atoms. The van der Waals surface area contributed by atoms with Gasteiger partial charge in [-0.1, -0.05) is 0 Å². The third kappa shape index (κ3) is 2.44. The fourth-order valence-electron chi connectivity index (χ4n) is 2.28. The van der Waals surface area contributed by atoms with Crippen molar-refractivity contribution in [2.24, 2.45) is 0 Å². The summed E-state index contributed by atoms with van der Waals surface area (Å²) < 4.78 is 12.9. The van der Waals surface area contributed by atoms with Gasteiger partial charge in [0.15, 0.2) is 5.82 Å². The van der Waals surface area contributed by atoms with Gasteiger partial charge in [0, 0.05) is 18.2 Å². The Morgan fingerprint density at radius 2 is 2.32 bits per heavy atom. The highest BCUT2D eigenvalue weighted by Gasteiger charge is 2.18. The second-order valence-corrected chi connectivity index (χ2v) is 4.77. The Bertz CT molecular complexity index is 557. The summed E-state index contributed by atoms with van der Waals surface area (Å²) in [4.78, 5) is 4.07. The lowest BCUT2D eigenvalue weighted by Crippen LogP contribution is -2.22. The summed E-state index contributed by atoms with van der Waals surface area (Å²) in [7, 11) is 0. The van der Waals surface area contributed by atoms with E-state index in [4.69, 9.17) is 0 Å². The van der Waals surface area contributed by atoms with E-state index in [0.29, 0.717) is 11.7 Å². The number of aromatic amines is 1. The standard InChI is InChI=1S/C13H16FN5/c1-8-12(11-3-2-9(14)6-16-11)18-19-13(8)17-10-4-5-15-7-10/h2-3,6,10,15H,4-5,7H2,1H3,(H2,17,18,19). The number of hydrogen-bond donors (Lipinski definition) is 3. The van der Waals surface area contributed by atoms with E-state index in [0.717, 1.165) is 36.6 Å². The van der Waals surface area contributed by atoms with E-state index in [1.807, 2.05) is 6.92 Å². The minimum atomic E-state index is -0.337. The fourth-order valence-corrected chi connectivity index (χ4v) is 2.28. The summed E-state index contributed by atoms with van der Waals surface area (Å²) in [5.41, 5.74) is 2.53. The lowest BCUT2D eigenvalue weighted by Gasteiger charge is -2.10. The van der Waals surface area contributed by atoms with E-state index in [1.165, 1.54) is 12.3 Å². The van der Waals surface area contributed by atoms with Crippen molar-refractivity contribution < 1.29 is 4.39 Å². The highest BCUT2D eigenvalue weighted by Crippen LogP contribution is 2.25. The molecule has 3 heterocycles. The molecule has 1 fully saturated rings. The number of nitrogens with one attached hydrogen (secondary N) is 3. The van der Waals surface area contributed by atoms with Gasteiger partial charge >= 0.3 is 0 Å². The SMILES string of the molecule is Cc1c(NC2CCNC2)n[nH]c1-c1ccc(F)cn1. The largest absolute Gasteiger partial charge is 0.364 e. The summed E-state index contributed by atoms with van der Waals surface area (Å²) in [5, 5.41) is 14.0. The van der Waals surface area contributed by atoms with Crippen LogP contribution in [0.2, 0.25) is 0 Å². The second kappa shape index (κ2) is 4.97. The normalized spacial score (nSPS) is 18.7. The van der Waals surface area contributed by atoms with Gasteiger partial charge in [0.2, 0.25) is 0 Å². The smallest absolute Gasteiger partial charge is 0.151 e. The molecule has 1 aliphatic rings. The van der Waals surface area contributed by atoms with Crippen molar-refractivity contribution in [1.29, 1.82) is 0 Å². The predicted octanol–water partition coefficient (Wildman–Crippen LogP) is 1.69. The molecule has 1 atom stereocenters. The van der Waals surface area contributed by atoms with Crippen molar-refractivity contribution in [2.45, 2.75) is 19.4 Å². The summed E-state index contributed by atoms with van der Waals surface area (Å²) in [6.45, 7) is 3.97. The fraction of sp³-hybridized carbons (Fsp3) is 0.385. The Balaban J connectivity index is 1.83. The van der Waals surface area contributed by atoms with E-state index in [9.17, 15) is 4.39 Å². The molecule has 0 radical (unpaired) electrons. The van der Waals surface area contributed by atoms with Crippen LogP contribution in [0.15, 0.2) is 18.3 Å². The number of rotatable bonds is 3. The molecule has 6 heteroatoms. The van der Waals surface area contributed by atoms with Crippen LogP contribution < -0.4 is 10.6 Å². The monoisotopic (exact) mass is 261 g/mol. The molecule has 2 aromatic rings. The molecular weight excluding hydrogens is 245 g/mol. The number of anilines is 1. The van der Waals surface area contributed by atoms with Gasteiger partial charge in [-0.25, -0.2) is 4.39 Å². The zero-order chi connectivity index (χ0) is 13.2. The molecule has 1 aliphatic heterocycles. The van der Waals surface area contributed by atoms with Gasteiger partial charge in [-0.05, 0) is 32.0 Å². The molecule has 0 aromatic carbocycles. The van der Waals surface area contributed by atoms with Crippen LogP contribution in [0, 0.1) is 12.7 Å². The first-order chi connectivity index (χ1) is 9.24. The second-order valence-electron chi connectivity index (χ2n) is 4.77. The molecule has 0 amide bonds. The van der Waals surface area contributed by atoms with Gasteiger partial charge < -0.3 is 10.6 Å². The van der Waals surface area contributed by atoms with E-state index in [2.05, 4.69) is 25.8 Å². The first-order valence-electron chi connectivity index (χ1n) is 6.38. The third-order valence-electron chi connectivity index (χ3n) is 3.39. The zero-order valence-corrected chi connectivity index (χ0v) is 10.7. The number of nitrogens with zero attached hydrogens (tertiary/aromatic N) is 2. The van der Waals surface area contributed by atoms with Gasteiger partial charge in [0.1, 0.15) is 5.82 Å². The lowest BCUT2D eigenvalue weighted by atomic mass is 10.1. The summed E-state index contributed by atoms with van der Waals surface area (Å²) >= 11 is 0. The number of aromatic nitrogens is 3. The van der Waals surface area contributed by atoms with Crippen LogP contribution in [0.5, 0.6) is 0 Å². The van der Waals surface area contributed by atoms with Gasteiger partial charge in [-0.2, -0.15) is 5.10 Å². The summed E-state index contributed by atoms with van der Waals surface area (Å²) in [6.07, 6.45) is 2.31.